The molecule has 1 amide bonds. The third kappa shape index (κ3) is 3.26. The Labute approximate surface area is 109 Å². The van der Waals surface area contributed by atoms with Crippen LogP contribution in [-0.2, 0) is 4.79 Å². The number of benzene rings is 1. The fourth-order valence-corrected chi connectivity index (χ4v) is 2.24. The highest BCUT2D eigenvalue weighted by Gasteiger charge is 2.26. The molecule has 0 spiro atoms. The summed E-state index contributed by atoms with van der Waals surface area (Å²) in [6, 6.07) is 1.21. The number of piperidine rings is 1. The average molecular weight is 272 g/mol. The zero-order valence-electron chi connectivity index (χ0n) is 10.5. The van der Waals surface area contributed by atoms with Crippen LogP contribution in [0.15, 0.2) is 12.1 Å². The maximum Gasteiger partial charge on any atom is 0.228 e. The smallest absolute Gasteiger partial charge is 0.228 e. The van der Waals surface area contributed by atoms with E-state index in [1.165, 1.54) is 0 Å². The van der Waals surface area contributed by atoms with Crippen molar-refractivity contribution in [3.05, 3.63) is 29.6 Å². The molecule has 0 bridgehead atoms. The number of anilines is 1. The van der Waals surface area contributed by atoms with Gasteiger partial charge in [0, 0.05) is 18.7 Å². The van der Waals surface area contributed by atoms with Gasteiger partial charge in [-0.3, -0.25) is 4.79 Å². The maximum atomic E-state index is 13.4. The Hall–Kier alpha value is -1.56. The Morgan fingerprint density at radius 1 is 1.32 bits per heavy atom. The number of carbonyl (C=O) groups excluding carboxylic acids is 1. The Morgan fingerprint density at radius 2 is 2.05 bits per heavy atom. The quantitative estimate of drug-likeness (QED) is 0.811. The van der Waals surface area contributed by atoms with Gasteiger partial charge >= 0.3 is 0 Å². The summed E-state index contributed by atoms with van der Waals surface area (Å²) in [5.74, 6) is -3.91. The van der Waals surface area contributed by atoms with E-state index < -0.39 is 29.0 Å². The van der Waals surface area contributed by atoms with E-state index in [9.17, 15) is 18.0 Å². The molecule has 2 rings (SSSR count). The van der Waals surface area contributed by atoms with E-state index in [2.05, 4.69) is 10.6 Å². The van der Waals surface area contributed by atoms with E-state index in [1.54, 1.807) is 0 Å². The zero-order chi connectivity index (χ0) is 14.0. The van der Waals surface area contributed by atoms with Crippen LogP contribution in [0, 0.1) is 29.3 Å². The number of nitrogens with one attached hydrogen (secondary N) is 2. The summed E-state index contributed by atoms with van der Waals surface area (Å²) in [7, 11) is 0. The fraction of sp³-hybridized carbons (Fsp3) is 0.462. The van der Waals surface area contributed by atoms with Crippen molar-refractivity contribution in [2.24, 2.45) is 11.8 Å². The SMILES string of the molecule is CC1CNCC(C(=O)Nc2cc(F)cc(F)c2F)C1. The van der Waals surface area contributed by atoms with Crippen LogP contribution in [0.5, 0.6) is 0 Å². The predicted octanol–water partition coefficient (Wildman–Crippen LogP) is 2.29. The highest BCUT2D eigenvalue weighted by atomic mass is 19.2. The number of carbonyl (C=O) groups is 1. The third-order valence-corrected chi connectivity index (χ3v) is 3.19. The van der Waals surface area contributed by atoms with E-state index in [0.717, 1.165) is 12.6 Å². The van der Waals surface area contributed by atoms with Crippen molar-refractivity contribution in [3.63, 3.8) is 0 Å². The molecule has 19 heavy (non-hydrogen) atoms. The second kappa shape index (κ2) is 5.61. The molecule has 1 aromatic rings. The van der Waals surface area contributed by atoms with Gasteiger partial charge in [0.2, 0.25) is 5.91 Å². The van der Waals surface area contributed by atoms with Crippen LogP contribution in [0.3, 0.4) is 0 Å². The van der Waals surface area contributed by atoms with E-state index in [1.807, 2.05) is 6.92 Å². The Morgan fingerprint density at radius 3 is 2.74 bits per heavy atom. The highest BCUT2D eigenvalue weighted by molar-refractivity contribution is 5.92. The van der Waals surface area contributed by atoms with Gasteiger partial charge in [0.25, 0.3) is 0 Å². The molecule has 0 aliphatic carbocycles. The lowest BCUT2D eigenvalue weighted by molar-refractivity contribution is -0.120. The molecule has 104 valence electrons. The van der Waals surface area contributed by atoms with Crippen LogP contribution in [0.4, 0.5) is 18.9 Å². The summed E-state index contributed by atoms with van der Waals surface area (Å²) in [5, 5.41) is 5.33. The topological polar surface area (TPSA) is 41.1 Å². The van der Waals surface area contributed by atoms with Crippen LogP contribution in [0.2, 0.25) is 0 Å². The van der Waals surface area contributed by atoms with Gasteiger partial charge in [-0.15, -0.1) is 0 Å². The molecule has 6 heteroatoms. The monoisotopic (exact) mass is 272 g/mol. The van der Waals surface area contributed by atoms with E-state index in [-0.39, 0.29) is 5.92 Å². The minimum absolute atomic E-state index is 0.325. The van der Waals surface area contributed by atoms with Crippen molar-refractivity contribution in [1.29, 1.82) is 0 Å². The summed E-state index contributed by atoms with van der Waals surface area (Å²) in [5.41, 5.74) is -0.458. The molecule has 3 nitrogen and oxygen atoms in total. The predicted molar refractivity (Wildman–Crippen MR) is 65.1 cm³/mol. The first kappa shape index (κ1) is 13.9. The molecule has 2 unspecified atom stereocenters. The van der Waals surface area contributed by atoms with Crippen LogP contribution in [-0.4, -0.2) is 19.0 Å². The van der Waals surface area contributed by atoms with Crippen molar-refractivity contribution in [3.8, 4) is 0 Å². The van der Waals surface area contributed by atoms with Gasteiger partial charge in [-0.05, 0) is 18.9 Å². The Bertz CT molecular complexity index is 493. The molecule has 0 radical (unpaired) electrons. The fourth-order valence-electron chi connectivity index (χ4n) is 2.24. The first-order chi connectivity index (χ1) is 8.97. The molecule has 1 saturated heterocycles. The summed E-state index contributed by atoms with van der Waals surface area (Å²) in [6.07, 6.45) is 0.665. The zero-order valence-corrected chi connectivity index (χ0v) is 10.5. The lowest BCUT2D eigenvalue weighted by Gasteiger charge is -2.26. The molecule has 1 aliphatic heterocycles. The molecular formula is C13H15F3N2O. The summed E-state index contributed by atoms with van der Waals surface area (Å²) in [4.78, 5) is 11.9. The van der Waals surface area contributed by atoms with Crippen molar-refractivity contribution < 1.29 is 18.0 Å². The van der Waals surface area contributed by atoms with Gasteiger partial charge < -0.3 is 10.6 Å². The second-order valence-electron chi connectivity index (χ2n) is 4.93. The van der Waals surface area contributed by atoms with Gasteiger partial charge in [0.05, 0.1) is 11.6 Å². The normalized spacial score (nSPS) is 23.2. The molecule has 1 heterocycles. The van der Waals surface area contributed by atoms with E-state index >= 15 is 0 Å². The standard InChI is InChI=1S/C13H15F3N2O/c1-7-2-8(6-17-5-7)13(19)18-11-4-9(14)3-10(15)12(11)16/h3-4,7-8,17H,2,5-6H2,1H3,(H,18,19). The molecule has 2 atom stereocenters. The van der Waals surface area contributed by atoms with Gasteiger partial charge in [-0.25, -0.2) is 13.2 Å². The third-order valence-electron chi connectivity index (χ3n) is 3.19. The lowest BCUT2D eigenvalue weighted by Crippen LogP contribution is -2.41. The van der Waals surface area contributed by atoms with Crippen LogP contribution in [0.25, 0.3) is 0 Å². The van der Waals surface area contributed by atoms with E-state index in [0.29, 0.717) is 24.9 Å². The highest BCUT2D eigenvalue weighted by Crippen LogP contribution is 2.22. The molecule has 0 saturated carbocycles. The van der Waals surface area contributed by atoms with Crippen LogP contribution in [0.1, 0.15) is 13.3 Å². The first-order valence-corrected chi connectivity index (χ1v) is 6.13. The number of rotatable bonds is 2. The number of halogens is 3. The molecule has 1 fully saturated rings. The van der Waals surface area contributed by atoms with Crippen molar-refractivity contribution in [1.82, 2.24) is 5.32 Å². The van der Waals surface area contributed by atoms with Crippen LogP contribution >= 0.6 is 0 Å². The van der Waals surface area contributed by atoms with Crippen molar-refractivity contribution in [2.45, 2.75) is 13.3 Å². The Balaban J connectivity index is 2.10. The number of hydrogen-bond acceptors (Lipinski definition) is 2. The minimum atomic E-state index is -1.31. The van der Waals surface area contributed by atoms with Crippen molar-refractivity contribution >= 4 is 11.6 Å². The second-order valence-corrected chi connectivity index (χ2v) is 4.93. The Kier molecular flexibility index (Phi) is 4.09. The molecule has 0 aromatic heterocycles. The summed E-state index contributed by atoms with van der Waals surface area (Å²) < 4.78 is 39.4. The molecule has 1 aromatic carbocycles. The van der Waals surface area contributed by atoms with Gasteiger partial charge in [-0.2, -0.15) is 0 Å². The number of hydrogen-bond donors (Lipinski definition) is 2. The lowest BCUT2D eigenvalue weighted by atomic mass is 9.91. The van der Waals surface area contributed by atoms with Crippen molar-refractivity contribution in [2.75, 3.05) is 18.4 Å². The van der Waals surface area contributed by atoms with Crippen LogP contribution < -0.4 is 10.6 Å². The first-order valence-electron chi connectivity index (χ1n) is 6.13. The van der Waals surface area contributed by atoms with Gasteiger partial charge in [0.15, 0.2) is 11.6 Å². The van der Waals surface area contributed by atoms with E-state index in [4.69, 9.17) is 0 Å². The molecule has 1 aliphatic rings. The van der Waals surface area contributed by atoms with Gasteiger partial charge in [-0.1, -0.05) is 6.92 Å². The average Bonchev–Trinajstić information content (AvgIpc) is 2.35. The minimum Gasteiger partial charge on any atom is -0.323 e. The molecule has 2 N–H and O–H groups in total. The largest absolute Gasteiger partial charge is 0.323 e. The summed E-state index contributed by atoms with van der Waals surface area (Å²) >= 11 is 0. The maximum absolute atomic E-state index is 13.4. The number of amides is 1. The molecular weight excluding hydrogens is 257 g/mol. The van der Waals surface area contributed by atoms with Gasteiger partial charge in [0.1, 0.15) is 5.82 Å². The summed E-state index contributed by atoms with van der Waals surface area (Å²) in [6.45, 7) is 3.30.